The number of unbranched alkanes of at least 4 members (excludes halogenated alkanes) is 1. The van der Waals surface area contributed by atoms with Gasteiger partial charge in [0.1, 0.15) is 6.04 Å². The summed E-state index contributed by atoms with van der Waals surface area (Å²) in [7, 11) is 1.76. The summed E-state index contributed by atoms with van der Waals surface area (Å²) in [5.41, 5.74) is 0.606. The number of hydrogen-bond acceptors (Lipinski definition) is 5. The zero-order valence-corrected chi connectivity index (χ0v) is 20.5. The molecular formula is C25H28ClN3O4S. The molecule has 5 atom stereocenters. The SMILES string of the molecule is CN1CC=C[C@@H]2S[C@]34C=CCN(c5ccccc5Cl)C(=O)C3N(CCCCO)C(=O)[C@@H]4[C@@H]2C1=O. The molecule has 4 aliphatic heterocycles. The van der Waals surface area contributed by atoms with E-state index in [0.717, 1.165) is 0 Å². The molecule has 4 aliphatic rings. The number of aliphatic hydroxyl groups excluding tert-OH is 1. The Morgan fingerprint density at radius 3 is 2.65 bits per heavy atom. The van der Waals surface area contributed by atoms with Gasteiger partial charge >= 0.3 is 0 Å². The maximum absolute atomic E-state index is 14.2. The van der Waals surface area contributed by atoms with Crippen LogP contribution < -0.4 is 4.90 Å². The fourth-order valence-electron chi connectivity index (χ4n) is 5.78. The predicted molar refractivity (Wildman–Crippen MR) is 133 cm³/mol. The summed E-state index contributed by atoms with van der Waals surface area (Å²) in [5, 5.41) is 9.60. The number of nitrogens with zero attached hydrogens (tertiary/aromatic N) is 3. The van der Waals surface area contributed by atoms with Gasteiger partial charge in [-0.3, -0.25) is 14.4 Å². The molecule has 2 fully saturated rings. The topological polar surface area (TPSA) is 81.2 Å². The zero-order valence-electron chi connectivity index (χ0n) is 19.0. The van der Waals surface area contributed by atoms with E-state index in [0.29, 0.717) is 43.2 Å². The minimum absolute atomic E-state index is 0.0222. The summed E-state index contributed by atoms with van der Waals surface area (Å²) in [5.74, 6) is -1.53. The summed E-state index contributed by atoms with van der Waals surface area (Å²) in [6, 6.07) is 6.46. The standard InChI is InChI=1S/C25H28ClN3O4S/c1-27-12-6-10-18-19(22(27)31)20-23(32)29(13-4-5-15-30)21-24(33)28(14-7-11-25(20,21)34-18)17-9-3-2-8-16(17)26/h2-3,6-11,18-21,30H,4-5,12-15H2,1H3/t18-,19+,20-,21?,25-/m0/s1. The summed E-state index contributed by atoms with van der Waals surface area (Å²) in [6.07, 6.45) is 9.06. The van der Waals surface area contributed by atoms with Crippen molar-refractivity contribution in [2.75, 3.05) is 38.2 Å². The van der Waals surface area contributed by atoms with Crippen LogP contribution in [-0.4, -0.2) is 82.0 Å². The van der Waals surface area contributed by atoms with Gasteiger partial charge in [-0.15, -0.1) is 11.8 Å². The first-order valence-electron chi connectivity index (χ1n) is 11.6. The molecule has 1 aromatic rings. The Hall–Kier alpha value is -2.29. The number of amides is 3. The molecule has 0 saturated carbocycles. The first-order valence-corrected chi connectivity index (χ1v) is 12.9. The number of likely N-dealkylation sites (N-methyl/N-ethyl adjacent to an activating group) is 1. The van der Waals surface area contributed by atoms with E-state index in [1.54, 1.807) is 39.6 Å². The van der Waals surface area contributed by atoms with Crippen LogP contribution in [0.4, 0.5) is 5.69 Å². The number of benzene rings is 1. The maximum atomic E-state index is 14.2. The van der Waals surface area contributed by atoms with Crippen LogP contribution in [0.5, 0.6) is 0 Å². The minimum Gasteiger partial charge on any atom is -0.396 e. The predicted octanol–water partition coefficient (Wildman–Crippen LogP) is 2.34. The number of aliphatic hydroxyl groups is 1. The van der Waals surface area contributed by atoms with Crippen LogP contribution >= 0.6 is 23.4 Å². The number of carbonyl (C=O) groups excluding carboxylic acids is 3. The average Bonchev–Trinajstić information content (AvgIpc) is 3.14. The van der Waals surface area contributed by atoms with E-state index in [-0.39, 0.29) is 29.6 Å². The fraction of sp³-hybridized carbons (Fsp3) is 0.480. The molecule has 34 heavy (non-hydrogen) atoms. The third kappa shape index (κ3) is 3.49. The lowest BCUT2D eigenvalue weighted by atomic mass is 9.78. The van der Waals surface area contributed by atoms with Crippen molar-refractivity contribution in [1.29, 1.82) is 0 Å². The first kappa shape index (κ1) is 23.5. The zero-order chi connectivity index (χ0) is 24.0. The lowest BCUT2D eigenvalue weighted by Gasteiger charge is -2.35. The molecule has 1 aromatic carbocycles. The van der Waals surface area contributed by atoms with Gasteiger partial charge in [-0.25, -0.2) is 0 Å². The summed E-state index contributed by atoms with van der Waals surface area (Å²) in [4.78, 5) is 46.5. The van der Waals surface area contributed by atoms with Gasteiger partial charge in [-0.05, 0) is 25.0 Å². The van der Waals surface area contributed by atoms with Crippen molar-refractivity contribution in [3.05, 3.63) is 53.6 Å². The van der Waals surface area contributed by atoms with Gasteiger partial charge < -0.3 is 19.8 Å². The van der Waals surface area contributed by atoms with E-state index >= 15 is 0 Å². The van der Waals surface area contributed by atoms with E-state index in [1.807, 2.05) is 42.5 Å². The first-order chi connectivity index (χ1) is 16.4. The molecule has 1 spiro atoms. The number of hydrogen-bond donors (Lipinski definition) is 1. The number of para-hydroxylation sites is 1. The highest BCUT2D eigenvalue weighted by Gasteiger charge is 2.70. The highest BCUT2D eigenvalue weighted by Crippen LogP contribution is 2.61. The van der Waals surface area contributed by atoms with Gasteiger partial charge in [0.25, 0.3) is 5.91 Å². The molecule has 0 aliphatic carbocycles. The smallest absolute Gasteiger partial charge is 0.251 e. The Morgan fingerprint density at radius 1 is 1.09 bits per heavy atom. The second kappa shape index (κ2) is 9.06. The van der Waals surface area contributed by atoms with Crippen molar-refractivity contribution in [3.8, 4) is 0 Å². The van der Waals surface area contributed by atoms with Gasteiger partial charge in [0.15, 0.2) is 0 Å². The molecule has 0 aromatic heterocycles. The Morgan fingerprint density at radius 2 is 1.88 bits per heavy atom. The van der Waals surface area contributed by atoms with E-state index in [1.165, 1.54) is 0 Å². The number of rotatable bonds is 5. The molecule has 5 rings (SSSR count). The molecule has 1 N–H and O–H groups in total. The third-order valence-electron chi connectivity index (χ3n) is 7.31. The molecule has 180 valence electrons. The van der Waals surface area contributed by atoms with Crippen LogP contribution in [0, 0.1) is 11.8 Å². The van der Waals surface area contributed by atoms with E-state index in [2.05, 4.69) is 0 Å². The number of carbonyl (C=O) groups is 3. The molecule has 7 nitrogen and oxygen atoms in total. The summed E-state index contributed by atoms with van der Waals surface area (Å²) in [6.45, 7) is 1.23. The lowest BCUT2D eigenvalue weighted by Crippen LogP contribution is -2.53. The summed E-state index contributed by atoms with van der Waals surface area (Å²) < 4.78 is -0.836. The van der Waals surface area contributed by atoms with Crippen LogP contribution in [0.25, 0.3) is 0 Å². The Balaban J connectivity index is 1.61. The molecule has 2 saturated heterocycles. The van der Waals surface area contributed by atoms with E-state index in [9.17, 15) is 19.5 Å². The molecular weight excluding hydrogens is 474 g/mol. The van der Waals surface area contributed by atoms with Crippen LogP contribution in [0.15, 0.2) is 48.6 Å². The second-order valence-corrected chi connectivity index (χ2v) is 11.1. The minimum atomic E-state index is -0.836. The van der Waals surface area contributed by atoms with Crippen molar-refractivity contribution < 1.29 is 19.5 Å². The second-order valence-electron chi connectivity index (χ2n) is 9.25. The monoisotopic (exact) mass is 501 g/mol. The van der Waals surface area contributed by atoms with Gasteiger partial charge in [-0.2, -0.15) is 0 Å². The molecule has 4 heterocycles. The molecule has 1 unspecified atom stereocenters. The van der Waals surface area contributed by atoms with Crippen LogP contribution in [0.3, 0.4) is 0 Å². The normalized spacial score (nSPS) is 32.6. The average molecular weight is 502 g/mol. The van der Waals surface area contributed by atoms with Crippen molar-refractivity contribution in [3.63, 3.8) is 0 Å². The molecule has 0 radical (unpaired) electrons. The Labute approximate surface area is 208 Å². The Kier molecular flexibility index (Phi) is 6.25. The highest BCUT2D eigenvalue weighted by atomic mass is 35.5. The van der Waals surface area contributed by atoms with Gasteiger partial charge in [0.05, 0.1) is 27.3 Å². The Bertz CT molecular complexity index is 1080. The molecule has 9 heteroatoms. The van der Waals surface area contributed by atoms with Gasteiger partial charge in [-0.1, -0.05) is 48.0 Å². The number of anilines is 1. The van der Waals surface area contributed by atoms with Crippen LogP contribution in [0.1, 0.15) is 12.8 Å². The lowest BCUT2D eigenvalue weighted by molar-refractivity contribution is -0.142. The molecule has 0 bridgehead atoms. The van der Waals surface area contributed by atoms with Crippen molar-refractivity contribution in [2.45, 2.75) is 28.9 Å². The largest absolute Gasteiger partial charge is 0.396 e. The number of likely N-dealkylation sites (tertiary alicyclic amines) is 1. The molecule has 3 amide bonds. The van der Waals surface area contributed by atoms with Gasteiger partial charge in [0.2, 0.25) is 11.8 Å². The number of thioether (sulfide) groups is 1. The van der Waals surface area contributed by atoms with Crippen LogP contribution in [0.2, 0.25) is 5.02 Å². The third-order valence-corrected chi connectivity index (χ3v) is 9.37. The quantitative estimate of drug-likeness (QED) is 0.495. The fourth-order valence-corrected chi connectivity index (χ4v) is 8.03. The number of fused-ring (bicyclic) bond motifs is 2. The van der Waals surface area contributed by atoms with E-state index < -0.39 is 22.6 Å². The van der Waals surface area contributed by atoms with Crippen molar-refractivity contribution >= 4 is 46.8 Å². The van der Waals surface area contributed by atoms with Crippen LogP contribution in [-0.2, 0) is 14.4 Å². The van der Waals surface area contributed by atoms with Gasteiger partial charge in [0, 0.05) is 38.5 Å². The van der Waals surface area contributed by atoms with Crippen molar-refractivity contribution in [2.24, 2.45) is 11.8 Å². The van der Waals surface area contributed by atoms with E-state index in [4.69, 9.17) is 11.6 Å². The van der Waals surface area contributed by atoms with Crippen molar-refractivity contribution in [1.82, 2.24) is 9.80 Å². The maximum Gasteiger partial charge on any atom is 0.251 e. The summed E-state index contributed by atoms with van der Waals surface area (Å²) >= 11 is 8.03. The number of halogens is 1. The highest BCUT2D eigenvalue weighted by molar-refractivity contribution is 8.02.